The number of carboxylic acid groups (broad SMARTS) is 1. The molecule has 0 saturated heterocycles. The van der Waals surface area contributed by atoms with E-state index in [2.05, 4.69) is 6.92 Å². The van der Waals surface area contributed by atoms with Crippen LogP contribution in [0.25, 0.3) is 0 Å². The molecule has 0 amide bonds. The topological polar surface area (TPSA) is 165 Å². The highest BCUT2D eigenvalue weighted by Crippen LogP contribution is 2.11. The number of carbonyl (C=O) groups is 2. The van der Waals surface area contributed by atoms with Crippen molar-refractivity contribution in [1.82, 2.24) is 0 Å². The van der Waals surface area contributed by atoms with Crippen molar-refractivity contribution in [2.45, 2.75) is 103 Å². The molecular formula is C41H80O15. The van der Waals surface area contributed by atoms with Gasteiger partial charge in [0.05, 0.1) is 139 Å². The van der Waals surface area contributed by atoms with Crippen molar-refractivity contribution in [3.63, 3.8) is 0 Å². The Morgan fingerprint density at radius 2 is 0.554 bits per heavy atom. The molecule has 0 aliphatic rings. The molecule has 56 heavy (non-hydrogen) atoms. The molecule has 0 aromatic carbocycles. The Hall–Kier alpha value is -1.50. The third-order valence-electron chi connectivity index (χ3n) is 8.12. The Balaban J connectivity index is 3.09. The van der Waals surface area contributed by atoms with Crippen molar-refractivity contribution in [2.24, 2.45) is 0 Å². The summed E-state index contributed by atoms with van der Waals surface area (Å²) in [6, 6.07) is 0. The average molecular weight is 813 g/mol. The predicted molar refractivity (Wildman–Crippen MR) is 213 cm³/mol. The number of carboxylic acids is 1. The summed E-state index contributed by atoms with van der Waals surface area (Å²) in [6.07, 6.45) is 16.0. The maximum absolute atomic E-state index is 11.5. The minimum absolute atomic E-state index is 0.0607. The predicted octanol–water partition coefficient (Wildman–Crippen LogP) is 5.67. The van der Waals surface area contributed by atoms with Crippen LogP contribution < -0.4 is 0 Å². The molecule has 1 N–H and O–H groups in total. The Labute approximate surface area is 338 Å². The molecular weight excluding hydrogens is 732 g/mol. The van der Waals surface area contributed by atoms with E-state index in [1.54, 1.807) is 0 Å². The van der Waals surface area contributed by atoms with E-state index in [0.717, 1.165) is 13.0 Å². The third-order valence-corrected chi connectivity index (χ3v) is 8.12. The van der Waals surface area contributed by atoms with Crippen molar-refractivity contribution < 1.29 is 71.5 Å². The van der Waals surface area contributed by atoms with E-state index in [1.807, 2.05) is 0 Å². The molecule has 15 heteroatoms. The Morgan fingerprint density at radius 3 is 0.857 bits per heavy atom. The van der Waals surface area contributed by atoms with Gasteiger partial charge < -0.3 is 61.9 Å². The third kappa shape index (κ3) is 50.5. The fourth-order valence-electron chi connectivity index (χ4n) is 5.00. The lowest BCUT2D eigenvalue weighted by Gasteiger charge is -2.09. The van der Waals surface area contributed by atoms with Crippen LogP contribution in [0.15, 0.2) is 0 Å². The van der Waals surface area contributed by atoms with Crippen LogP contribution in [0, 0.1) is 0 Å². The molecule has 0 unspecified atom stereocenters. The summed E-state index contributed by atoms with van der Waals surface area (Å²) in [4.78, 5) is 21.9. The zero-order valence-electron chi connectivity index (χ0n) is 35.0. The summed E-state index contributed by atoms with van der Waals surface area (Å²) in [5.41, 5.74) is 0. The molecule has 0 aliphatic carbocycles. The first-order chi connectivity index (χ1) is 27.7. The van der Waals surface area contributed by atoms with E-state index in [-0.39, 0.29) is 32.0 Å². The monoisotopic (exact) mass is 813 g/mol. The van der Waals surface area contributed by atoms with Crippen molar-refractivity contribution >= 4 is 11.9 Å². The summed E-state index contributed by atoms with van der Waals surface area (Å²) >= 11 is 0. The maximum atomic E-state index is 11.5. The highest BCUT2D eigenvalue weighted by atomic mass is 16.6. The molecule has 0 spiro atoms. The lowest BCUT2D eigenvalue weighted by Crippen LogP contribution is -2.15. The lowest BCUT2D eigenvalue weighted by atomic mass is 10.1. The molecule has 0 rings (SSSR count). The van der Waals surface area contributed by atoms with E-state index in [0.29, 0.717) is 145 Å². The number of hydrogen-bond donors (Lipinski definition) is 1. The van der Waals surface area contributed by atoms with Gasteiger partial charge in [-0.05, 0) is 19.3 Å². The first kappa shape index (κ1) is 54.5. The van der Waals surface area contributed by atoms with Gasteiger partial charge >= 0.3 is 11.9 Å². The fraction of sp³-hybridized carbons (Fsp3) is 0.951. The average Bonchev–Trinajstić information content (AvgIpc) is 3.19. The summed E-state index contributed by atoms with van der Waals surface area (Å²) in [6.45, 7) is 13.6. The van der Waals surface area contributed by atoms with Crippen LogP contribution in [0.4, 0.5) is 0 Å². The molecule has 0 aromatic heterocycles. The van der Waals surface area contributed by atoms with Gasteiger partial charge in [-0.1, -0.05) is 71.1 Å². The van der Waals surface area contributed by atoms with E-state index in [1.165, 1.54) is 64.2 Å². The number of esters is 1. The highest BCUT2D eigenvalue weighted by molar-refractivity contribution is 5.69. The van der Waals surface area contributed by atoms with Crippen molar-refractivity contribution in [1.29, 1.82) is 0 Å². The number of hydrogen-bond acceptors (Lipinski definition) is 14. The lowest BCUT2D eigenvalue weighted by molar-refractivity contribution is -0.146. The molecule has 0 aromatic rings. The summed E-state index contributed by atoms with van der Waals surface area (Å²) in [7, 11) is 0. The summed E-state index contributed by atoms with van der Waals surface area (Å²) in [5, 5.41) is 8.56. The van der Waals surface area contributed by atoms with Crippen molar-refractivity contribution in [2.75, 3.05) is 152 Å². The van der Waals surface area contributed by atoms with Gasteiger partial charge in [-0.25, -0.2) is 0 Å². The molecule has 0 atom stereocenters. The number of carbonyl (C=O) groups excluding carboxylic acids is 1. The van der Waals surface area contributed by atoms with Gasteiger partial charge in [0.2, 0.25) is 0 Å². The Kier molecular flexibility index (Phi) is 48.3. The molecule has 0 saturated carbocycles. The van der Waals surface area contributed by atoms with Crippen molar-refractivity contribution in [3.05, 3.63) is 0 Å². The second-order valence-electron chi connectivity index (χ2n) is 13.1. The Morgan fingerprint density at radius 1 is 0.304 bits per heavy atom. The van der Waals surface area contributed by atoms with Crippen LogP contribution in [0.3, 0.4) is 0 Å². The molecule has 0 heterocycles. The van der Waals surface area contributed by atoms with Crippen LogP contribution >= 0.6 is 0 Å². The largest absolute Gasteiger partial charge is 0.481 e. The second kappa shape index (κ2) is 49.6. The maximum Gasteiger partial charge on any atom is 0.305 e. The van der Waals surface area contributed by atoms with E-state index in [9.17, 15) is 9.59 Å². The molecule has 334 valence electrons. The molecule has 0 bridgehead atoms. The second-order valence-corrected chi connectivity index (χ2v) is 13.1. The molecule has 0 aliphatic heterocycles. The summed E-state index contributed by atoms with van der Waals surface area (Å²) in [5.74, 6) is -1.21. The zero-order chi connectivity index (χ0) is 40.5. The van der Waals surface area contributed by atoms with Crippen LogP contribution in [0.1, 0.15) is 103 Å². The first-order valence-electron chi connectivity index (χ1n) is 21.4. The standard InChI is InChI=1S/C41H80O15/c1-2-3-4-5-6-7-8-9-10-11-14-17-45-18-19-46-20-21-47-22-23-48-24-25-49-26-27-50-28-29-51-30-31-52-32-33-53-34-35-54-36-37-55-38-39-56-41(44)16-13-12-15-40(42)43/h2-39H2,1H3,(H,42,43). The van der Waals surface area contributed by atoms with Crippen LogP contribution in [0.5, 0.6) is 0 Å². The normalized spacial score (nSPS) is 11.4. The SMILES string of the molecule is CCCCCCCCCCCCCOCCOCCOCCOCCOCCOCCOCCOCCOCCOCCOCCOC(=O)CCCCC(=O)O. The van der Waals surface area contributed by atoms with Crippen molar-refractivity contribution in [3.8, 4) is 0 Å². The first-order valence-corrected chi connectivity index (χ1v) is 21.4. The molecule has 0 fully saturated rings. The number of unbranched alkanes of at least 4 members (excludes halogenated alkanes) is 11. The Bertz CT molecular complexity index is 777. The van der Waals surface area contributed by atoms with Crippen LogP contribution in [0.2, 0.25) is 0 Å². The summed E-state index contributed by atoms with van der Waals surface area (Å²) < 4.78 is 65.5. The van der Waals surface area contributed by atoms with Crippen LogP contribution in [-0.4, -0.2) is 169 Å². The van der Waals surface area contributed by atoms with Crippen LogP contribution in [-0.2, 0) is 66.4 Å². The molecule has 15 nitrogen and oxygen atoms in total. The number of rotatable bonds is 50. The highest BCUT2D eigenvalue weighted by Gasteiger charge is 2.04. The van der Waals surface area contributed by atoms with Gasteiger partial charge in [-0.2, -0.15) is 0 Å². The number of ether oxygens (including phenoxy) is 12. The minimum Gasteiger partial charge on any atom is -0.481 e. The van der Waals surface area contributed by atoms with Gasteiger partial charge in [0, 0.05) is 19.4 Å². The van der Waals surface area contributed by atoms with E-state index >= 15 is 0 Å². The van der Waals surface area contributed by atoms with E-state index in [4.69, 9.17) is 61.9 Å². The fourth-order valence-corrected chi connectivity index (χ4v) is 5.00. The zero-order valence-corrected chi connectivity index (χ0v) is 35.0. The van der Waals surface area contributed by atoms with Gasteiger partial charge in [-0.3, -0.25) is 9.59 Å². The minimum atomic E-state index is -0.862. The van der Waals surface area contributed by atoms with Gasteiger partial charge in [0.15, 0.2) is 0 Å². The quantitative estimate of drug-likeness (QED) is 0.0590. The van der Waals surface area contributed by atoms with Gasteiger partial charge in [-0.15, -0.1) is 0 Å². The van der Waals surface area contributed by atoms with Gasteiger partial charge in [0.25, 0.3) is 0 Å². The smallest absolute Gasteiger partial charge is 0.305 e. The molecule has 0 radical (unpaired) electrons. The van der Waals surface area contributed by atoms with Gasteiger partial charge in [0.1, 0.15) is 6.61 Å². The van der Waals surface area contributed by atoms with E-state index < -0.39 is 5.97 Å². The number of aliphatic carboxylic acids is 1.